The number of benzene rings is 2. The van der Waals surface area contributed by atoms with Crippen molar-refractivity contribution in [3.05, 3.63) is 63.0 Å². The predicted molar refractivity (Wildman–Crippen MR) is 87.4 cm³/mol. The number of halogens is 3. The highest BCUT2D eigenvalue weighted by Crippen LogP contribution is 2.26. The van der Waals surface area contributed by atoms with E-state index < -0.39 is 0 Å². The molecule has 0 amide bonds. The predicted octanol–water partition coefficient (Wildman–Crippen LogP) is 5.38. The van der Waals surface area contributed by atoms with E-state index in [4.69, 9.17) is 0 Å². The van der Waals surface area contributed by atoms with Crippen LogP contribution < -0.4 is 5.43 Å². The highest BCUT2D eigenvalue weighted by Gasteiger charge is 2.01. The summed E-state index contributed by atoms with van der Waals surface area (Å²) in [5, 5.41) is 4.29. The minimum absolute atomic E-state index is 0.762. The molecule has 0 unspecified atom stereocenters. The first-order chi connectivity index (χ1) is 8.66. The summed E-state index contributed by atoms with van der Waals surface area (Å²) in [6, 6.07) is 15.8. The second kappa shape index (κ2) is 6.50. The highest BCUT2D eigenvalue weighted by molar-refractivity contribution is 9.18. The molecular weight excluding hydrogens is 424 g/mol. The highest BCUT2D eigenvalue weighted by atomic mass is 79.9. The van der Waals surface area contributed by atoms with E-state index in [1.165, 1.54) is 0 Å². The van der Waals surface area contributed by atoms with Crippen molar-refractivity contribution < 1.29 is 0 Å². The lowest BCUT2D eigenvalue weighted by atomic mass is 10.2. The van der Waals surface area contributed by atoms with E-state index in [1.807, 2.05) is 48.5 Å². The van der Waals surface area contributed by atoms with Crippen LogP contribution in [0.15, 0.2) is 62.6 Å². The smallest absolute Gasteiger partial charge is 0.133 e. The van der Waals surface area contributed by atoms with Crippen LogP contribution in [0.1, 0.15) is 5.56 Å². The molecule has 0 aromatic heterocycles. The molecule has 0 bridgehead atoms. The van der Waals surface area contributed by atoms with Crippen molar-refractivity contribution in [2.75, 3.05) is 5.43 Å². The molecule has 0 saturated heterocycles. The Labute approximate surface area is 131 Å². The van der Waals surface area contributed by atoms with Crippen LogP contribution in [-0.2, 0) is 0 Å². The maximum Gasteiger partial charge on any atom is 0.133 e. The van der Waals surface area contributed by atoms with E-state index in [9.17, 15) is 0 Å². The van der Waals surface area contributed by atoms with Crippen LogP contribution in [0.25, 0.3) is 0 Å². The number of rotatable bonds is 3. The molecule has 2 rings (SSSR count). The number of nitrogens with one attached hydrogen (secondary N) is 1. The lowest BCUT2D eigenvalue weighted by Gasteiger charge is -2.05. The maximum absolute atomic E-state index is 4.29. The number of hydrazone groups is 1. The molecule has 92 valence electrons. The molecule has 0 aliphatic heterocycles. The Morgan fingerprint density at radius 1 is 1.00 bits per heavy atom. The van der Waals surface area contributed by atoms with Gasteiger partial charge in [0.1, 0.15) is 4.62 Å². The van der Waals surface area contributed by atoms with E-state index in [0.717, 1.165) is 24.8 Å². The summed E-state index contributed by atoms with van der Waals surface area (Å²) in [7, 11) is 0. The molecule has 0 atom stereocenters. The Kier molecular flexibility index (Phi) is 4.97. The van der Waals surface area contributed by atoms with Gasteiger partial charge in [0.25, 0.3) is 0 Å². The molecule has 0 spiro atoms. The molecule has 0 radical (unpaired) electrons. The van der Waals surface area contributed by atoms with Gasteiger partial charge in [-0.15, -0.1) is 0 Å². The summed E-state index contributed by atoms with van der Waals surface area (Å²) < 4.78 is 2.73. The van der Waals surface area contributed by atoms with Crippen LogP contribution in [0, 0.1) is 0 Å². The Balaban J connectivity index is 2.15. The second-order valence-electron chi connectivity index (χ2n) is 3.50. The van der Waals surface area contributed by atoms with Gasteiger partial charge >= 0.3 is 0 Å². The Morgan fingerprint density at radius 3 is 2.39 bits per heavy atom. The van der Waals surface area contributed by atoms with Crippen molar-refractivity contribution in [1.82, 2.24) is 0 Å². The summed E-state index contributed by atoms with van der Waals surface area (Å²) >= 11 is 10.3. The van der Waals surface area contributed by atoms with Crippen molar-refractivity contribution in [3.8, 4) is 0 Å². The van der Waals surface area contributed by atoms with E-state index >= 15 is 0 Å². The summed E-state index contributed by atoms with van der Waals surface area (Å²) in [6.45, 7) is 0. The number of hydrogen-bond acceptors (Lipinski definition) is 2. The van der Waals surface area contributed by atoms with Gasteiger partial charge in [0.2, 0.25) is 0 Å². The number of anilines is 1. The fraction of sp³-hybridized carbons (Fsp3) is 0. The molecule has 1 N–H and O–H groups in total. The third kappa shape index (κ3) is 3.67. The first-order valence-corrected chi connectivity index (χ1v) is 7.54. The minimum Gasteiger partial charge on any atom is -0.276 e. The minimum atomic E-state index is 0.762. The van der Waals surface area contributed by atoms with Gasteiger partial charge in [0.05, 0.1) is 5.69 Å². The van der Waals surface area contributed by atoms with Crippen LogP contribution in [0.2, 0.25) is 0 Å². The van der Waals surface area contributed by atoms with E-state index in [0.29, 0.717) is 0 Å². The molecule has 0 aliphatic rings. The number of hydrogen-bond donors (Lipinski definition) is 1. The average Bonchev–Trinajstić information content (AvgIpc) is 2.38. The van der Waals surface area contributed by atoms with Crippen molar-refractivity contribution in [1.29, 1.82) is 0 Å². The largest absolute Gasteiger partial charge is 0.276 e. The van der Waals surface area contributed by atoms with Crippen LogP contribution in [-0.4, -0.2) is 4.62 Å². The van der Waals surface area contributed by atoms with Gasteiger partial charge in [0.15, 0.2) is 0 Å². The van der Waals surface area contributed by atoms with E-state index in [1.54, 1.807) is 0 Å². The topological polar surface area (TPSA) is 24.4 Å². The third-order valence-corrected chi connectivity index (χ3v) is 4.00. The van der Waals surface area contributed by atoms with Crippen molar-refractivity contribution in [3.63, 3.8) is 0 Å². The monoisotopic (exact) mass is 430 g/mol. The molecule has 2 aromatic carbocycles. The van der Waals surface area contributed by atoms with Crippen molar-refractivity contribution in [2.24, 2.45) is 5.10 Å². The third-order valence-electron chi connectivity index (χ3n) is 2.22. The molecule has 5 heteroatoms. The number of nitrogens with zero attached hydrogens (tertiary/aromatic N) is 1. The molecule has 0 fully saturated rings. The van der Waals surface area contributed by atoms with E-state index in [2.05, 4.69) is 58.3 Å². The fourth-order valence-electron chi connectivity index (χ4n) is 1.33. The van der Waals surface area contributed by atoms with Gasteiger partial charge in [-0.2, -0.15) is 5.10 Å². The first-order valence-electron chi connectivity index (χ1n) is 5.16. The zero-order valence-electron chi connectivity index (χ0n) is 9.20. The van der Waals surface area contributed by atoms with Crippen molar-refractivity contribution >= 4 is 58.1 Å². The summed E-state index contributed by atoms with van der Waals surface area (Å²) in [4.78, 5) is 0. The van der Waals surface area contributed by atoms with Gasteiger partial charge in [-0.1, -0.05) is 46.3 Å². The summed E-state index contributed by atoms with van der Waals surface area (Å²) in [5.74, 6) is 0. The Bertz CT molecular complexity index is 568. The quantitative estimate of drug-likeness (QED) is 0.511. The molecule has 18 heavy (non-hydrogen) atoms. The van der Waals surface area contributed by atoms with Gasteiger partial charge < -0.3 is 0 Å². The molecular formula is C13H9Br3N2. The molecule has 2 nitrogen and oxygen atoms in total. The summed E-state index contributed by atoms with van der Waals surface area (Å²) in [5.41, 5.74) is 4.95. The Morgan fingerprint density at radius 2 is 1.72 bits per heavy atom. The lowest BCUT2D eigenvalue weighted by Crippen LogP contribution is -1.96. The molecule has 2 aromatic rings. The Hall–Kier alpha value is -0.650. The first kappa shape index (κ1) is 13.8. The average molecular weight is 433 g/mol. The summed E-state index contributed by atoms with van der Waals surface area (Å²) in [6.07, 6.45) is 0. The van der Waals surface area contributed by atoms with Gasteiger partial charge in [-0.25, -0.2) is 0 Å². The molecule has 0 heterocycles. The molecule has 0 aliphatic carbocycles. The fourth-order valence-corrected chi connectivity index (χ4v) is 2.82. The maximum atomic E-state index is 4.29. The zero-order valence-corrected chi connectivity index (χ0v) is 14.0. The zero-order chi connectivity index (χ0) is 13.0. The standard InChI is InChI=1S/C13H9Br3N2/c14-10-6-7-12(11(15)8-10)17-18-13(16)9-4-2-1-3-5-9/h1-8,17H/b18-13-. The second-order valence-corrected chi connectivity index (χ2v) is 6.03. The SMILES string of the molecule is Br/C(=N\Nc1ccc(Br)cc1Br)c1ccccc1. The van der Waals surface area contributed by atoms with Crippen LogP contribution in [0.5, 0.6) is 0 Å². The van der Waals surface area contributed by atoms with Gasteiger partial charge in [0, 0.05) is 14.5 Å². The van der Waals surface area contributed by atoms with Crippen LogP contribution in [0.4, 0.5) is 5.69 Å². The lowest BCUT2D eigenvalue weighted by molar-refractivity contribution is 1.33. The van der Waals surface area contributed by atoms with E-state index in [-0.39, 0.29) is 0 Å². The van der Waals surface area contributed by atoms with Gasteiger partial charge in [-0.3, -0.25) is 5.43 Å². The molecule has 0 saturated carbocycles. The van der Waals surface area contributed by atoms with Crippen LogP contribution >= 0.6 is 47.8 Å². The van der Waals surface area contributed by atoms with Crippen molar-refractivity contribution in [2.45, 2.75) is 0 Å². The normalized spacial score (nSPS) is 11.4. The van der Waals surface area contributed by atoms with Gasteiger partial charge in [-0.05, 0) is 50.1 Å². The van der Waals surface area contributed by atoms with Crippen LogP contribution in [0.3, 0.4) is 0 Å².